The molecule has 0 radical (unpaired) electrons. The molecule has 1 aromatic carbocycles. The van der Waals surface area contributed by atoms with Crippen molar-refractivity contribution in [2.45, 2.75) is 6.36 Å². The molecule has 19 heavy (non-hydrogen) atoms. The van der Waals surface area contributed by atoms with Crippen LogP contribution < -0.4 is 4.74 Å². The molecule has 4 nitrogen and oxygen atoms in total. The Balaban J connectivity index is 2.42. The highest BCUT2D eigenvalue weighted by molar-refractivity contribution is 5.82. The normalized spacial score (nSPS) is 11.4. The molecule has 0 N–H and O–H groups in total. The van der Waals surface area contributed by atoms with E-state index in [9.17, 15) is 18.0 Å². The van der Waals surface area contributed by atoms with Crippen LogP contribution in [0, 0.1) is 0 Å². The number of rotatable bonds is 3. The maximum atomic E-state index is 12.1. The zero-order valence-corrected chi connectivity index (χ0v) is 9.81. The van der Waals surface area contributed by atoms with Crippen molar-refractivity contribution in [2.24, 2.45) is 7.05 Å². The Labute approximate surface area is 106 Å². The van der Waals surface area contributed by atoms with Crippen molar-refractivity contribution >= 4 is 6.29 Å². The minimum Gasteiger partial charge on any atom is -0.405 e. The van der Waals surface area contributed by atoms with Crippen molar-refractivity contribution in [1.82, 2.24) is 9.78 Å². The highest BCUT2D eigenvalue weighted by Crippen LogP contribution is 2.29. The quantitative estimate of drug-likeness (QED) is 0.805. The summed E-state index contributed by atoms with van der Waals surface area (Å²) in [7, 11) is 1.69. The maximum Gasteiger partial charge on any atom is 0.573 e. The van der Waals surface area contributed by atoms with Crippen LogP contribution in [0.15, 0.2) is 30.5 Å². The largest absolute Gasteiger partial charge is 0.573 e. The standard InChI is InChI=1S/C12H9F3N2O2/c1-17-10(4-5-16-17)8-2-3-11(9(6-8)7-18)19-12(13,14)15/h2-7H,1H3. The molecule has 0 atom stereocenters. The summed E-state index contributed by atoms with van der Waals surface area (Å²) in [6.07, 6.45) is -2.96. The van der Waals surface area contributed by atoms with E-state index in [4.69, 9.17) is 0 Å². The Bertz CT molecular complexity index is 605. The van der Waals surface area contributed by atoms with Crippen molar-refractivity contribution in [2.75, 3.05) is 0 Å². The number of halogens is 3. The van der Waals surface area contributed by atoms with Crippen LogP contribution >= 0.6 is 0 Å². The van der Waals surface area contributed by atoms with Gasteiger partial charge in [0.25, 0.3) is 0 Å². The van der Waals surface area contributed by atoms with Crippen LogP contribution in [0.4, 0.5) is 13.2 Å². The van der Waals surface area contributed by atoms with Crippen LogP contribution in [-0.4, -0.2) is 22.4 Å². The van der Waals surface area contributed by atoms with Gasteiger partial charge in [-0.2, -0.15) is 5.10 Å². The van der Waals surface area contributed by atoms with Crippen molar-refractivity contribution in [1.29, 1.82) is 0 Å². The topological polar surface area (TPSA) is 44.1 Å². The second-order valence-corrected chi connectivity index (χ2v) is 3.76. The van der Waals surface area contributed by atoms with E-state index in [1.54, 1.807) is 24.0 Å². The third-order valence-electron chi connectivity index (χ3n) is 2.48. The Kier molecular flexibility index (Phi) is 3.28. The first kappa shape index (κ1) is 13.1. The summed E-state index contributed by atoms with van der Waals surface area (Å²) in [6, 6.07) is 5.56. The summed E-state index contributed by atoms with van der Waals surface area (Å²) in [5, 5.41) is 3.95. The highest BCUT2D eigenvalue weighted by atomic mass is 19.4. The number of ether oxygens (including phenoxy) is 1. The molecule has 1 heterocycles. The minimum atomic E-state index is -4.83. The van der Waals surface area contributed by atoms with Crippen LogP contribution in [0.25, 0.3) is 11.3 Å². The molecule has 0 saturated heterocycles. The summed E-state index contributed by atoms with van der Waals surface area (Å²) in [5.41, 5.74) is 1.09. The second kappa shape index (κ2) is 4.75. The van der Waals surface area contributed by atoms with Gasteiger partial charge in [-0.3, -0.25) is 9.48 Å². The number of hydrogen-bond acceptors (Lipinski definition) is 3. The summed E-state index contributed by atoms with van der Waals surface area (Å²) < 4.78 is 41.8. The lowest BCUT2D eigenvalue weighted by Gasteiger charge is -2.11. The van der Waals surface area contributed by atoms with Gasteiger partial charge >= 0.3 is 6.36 Å². The molecule has 0 spiro atoms. The Hall–Kier alpha value is -2.31. The lowest BCUT2D eigenvalue weighted by molar-refractivity contribution is -0.274. The number of nitrogens with zero attached hydrogens (tertiary/aromatic N) is 2. The van der Waals surface area contributed by atoms with E-state index in [1.165, 1.54) is 12.1 Å². The molecule has 0 saturated carbocycles. The summed E-state index contributed by atoms with van der Waals surface area (Å²) in [6.45, 7) is 0. The van der Waals surface area contributed by atoms with E-state index in [0.29, 0.717) is 17.5 Å². The number of aldehydes is 1. The molecular weight excluding hydrogens is 261 g/mol. The third kappa shape index (κ3) is 2.93. The van der Waals surface area contributed by atoms with Gasteiger partial charge in [0.15, 0.2) is 6.29 Å². The molecule has 0 bridgehead atoms. The maximum absolute atomic E-state index is 12.1. The molecule has 0 fully saturated rings. The highest BCUT2D eigenvalue weighted by Gasteiger charge is 2.32. The third-order valence-corrected chi connectivity index (χ3v) is 2.48. The van der Waals surface area contributed by atoms with E-state index < -0.39 is 12.1 Å². The van der Waals surface area contributed by atoms with E-state index in [0.717, 1.165) is 6.07 Å². The lowest BCUT2D eigenvalue weighted by Crippen LogP contribution is -2.18. The Morgan fingerprint density at radius 2 is 2.05 bits per heavy atom. The van der Waals surface area contributed by atoms with Gasteiger partial charge in [-0.1, -0.05) is 0 Å². The van der Waals surface area contributed by atoms with E-state index in [-0.39, 0.29) is 5.56 Å². The smallest absolute Gasteiger partial charge is 0.405 e. The predicted molar refractivity (Wildman–Crippen MR) is 60.7 cm³/mol. The molecular formula is C12H9F3N2O2. The summed E-state index contributed by atoms with van der Waals surface area (Å²) in [5.74, 6) is -0.520. The monoisotopic (exact) mass is 270 g/mol. The van der Waals surface area contributed by atoms with Gasteiger partial charge in [-0.25, -0.2) is 0 Å². The molecule has 0 unspecified atom stereocenters. The number of hydrogen-bond donors (Lipinski definition) is 0. The van der Waals surface area contributed by atoms with Crippen LogP contribution in [0.1, 0.15) is 10.4 Å². The first-order valence-electron chi connectivity index (χ1n) is 5.24. The zero-order chi connectivity index (χ0) is 14.0. The van der Waals surface area contributed by atoms with Crippen molar-refractivity contribution in [3.8, 4) is 17.0 Å². The lowest BCUT2D eigenvalue weighted by atomic mass is 10.1. The first-order valence-corrected chi connectivity index (χ1v) is 5.24. The first-order chi connectivity index (χ1) is 8.90. The molecule has 1 aromatic heterocycles. The zero-order valence-electron chi connectivity index (χ0n) is 9.81. The second-order valence-electron chi connectivity index (χ2n) is 3.76. The Morgan fingerprint density at radius 1 is 1.32 bits per heavy atom. The molecule has 0 aliphatic rings. The average Bonchev–Trinajstić information content (AvgIpc) is 2.74. The van der Waals surface area contributed by atoms with Gasteiger partial charge in [0.2, 0.25) is 0 Å². The molecule has 7 heteroatoms. The fourth-order valence-corrected chi connectivity index (χ4v) is 1.67. The fraction of sp³-hybridized carbons (Fsp3) is 0.167. The molecule has 100 valence electrons. The van der Waals surface area contributed by atoms with E-state index in [2.05, 4.69) is 9.84 Å². The van der Waals surface area contributed by atoms with Crippen LogP contribution in [0.5, 0.6) is 5.75 Å². The number of benzene rings is 1. The van der Waals surface area contributed by atoms with Crippen LogP contribution in [0.3, 0.4) is 0 Å². The average molecular weight is 270 g/mol. The minimum absolute atomic E-state index is 0.170. The summed E-state index contributed by atoms with van der Waals surface area (Å²) >= 11 is 0. The number of carbonyl (C=O) groups is 1. The molecule has 2 aromatic rings. The van der Waals surface area contributed by atoms with Gasteiger partial charge in [0, 0.05) is 18.8 Å². The van der Waals surface area contributed by atoms with Crippen LogP contribution in [0.2, 0.25) is 0 Å². The molecule has 0 amide bonds. The van der Waals surface area contributed by atoms with Crippen molar-refractivity contribution < 1.29 is 22.7 Å². The van der Waals surface area contributed by atoms with E-state index in [1.807, 2.05) is 0 Å². The van der Waals surface area contributed by atoms with Gasteiger partial charge in [0.1, 0.15) is 5.75 Å². The Morgan fingerprint density at radius 3 is 2.58 bits per heavy atom. The number of aromatic nitrogens is 2. The van der Waals surface area contributed by atoms with Gasteiger partial charge in [0.05, 0.1) is 11.3 Å². The van der Waals surface area contributed by atoms with E-state index >= 15 is 0 Å². The van der Waals surface area contributed by atoms with Crippen molar-refractivity contribution in [3.05, 3.63) is 36.0 Å². The number of aryl methyl sites for hydroxylation is 1. The van der Waals surface area contributed by atoms with Gasteiger partial charge < -0.3 is 4.74 Å². The van der Waals surface area contributed by atoms with Gasteiger partial charge in [-0.15, -0.1) is 13.2 Å². The molecule has 0 aliphatic carbocycles. The summed E-state index contributed by atoms with van der Waals surface area (Å²) in [4.78, 5) is 10.9. The SMILES string of the molecule is Cn1nccc1-c1ccc(OC(F)(F)F)c(C=O)c1. The van der Waals surface area contributed by atoms with Crippen molar-refractivity contribution in [3.63, 3.8) is 0 Å². The molecule has 2 rings (SSSR count). The predicted octanol–water partition coefficient (Wildman–Crippen LogP) is 2.80. The molecule has 0 aliphatic heterocycles. The number of alkyl halides is 3. The van der Waals surface area contributed by atoms with Crippen LogP contribution in [-0.2, 0) is 7.05 Å². The fourth-order valence-electron chi connectivity index (χ4n) is 1.67. The van der Waals surface area contributed by atoms with Gasteiger partial charge in [-0.05, 0) is 24.3 Å². The number of carbonyl (C=O) groups excluding carboxylic acids is 1.